The summed E-state index contributed by atoms with van der Waals surface area (Å²) in [5.41, 5.74) is 7.04. The molecule has 1 rings (SSSR count). The zero-order valence-corrected chi connectivity index (χ0v) is 10.8. The second-order valence-electron chi connectivity index (χ2n) is 4.54. The van der Waals surface area contributed by atoms with E-state index in [1.165, 1.54) is 7.11 Å². The van der Waals surface area contributed by atoms with Gasteiger partial charge in [0.1, 0.15) is 6.04 Å². The number of hydrogen-bond acceptors (Lipinski definition) is 4. The average molecular weight is 253 g/mol. The van der Waals surface area contributed by atoms with Gasteiger partial charge in [-0.3, -0.25) is 4.79 Å². The number of carboxylic acids is 1. The van der Waals surface area contributed by atoms with Crippen molar-refractivity contribution in [3.8, 4) is 11.5 Å². The van der Waals surface area contributed by atoms with Crippen LogP contribution in [0, 0.1) is 0 Å². The van der Waals surface area contributed by atoms with E-state index in [4.69, 9.17) is 15.6 Å². The molecule has 0 bridgehead atoms. The van der Waals surface area contributed by atoms with Crippen molar-refractivity contribution in [3.05, 3.63) is 23.3 Å². The number of carboxylic acid groups (broad SMARTS) is 1. The Hall–Kier alpha value is -1.75. The smallest absolute Gasteiger partial charge is 0.320 e. The van der Waals surface area contributed by atoms with Crippen LogP contribution in [0.4, 0.5) is 0 Å². The topological polar surface area (TPSA) is 92.8 Å². The van der Waals surface area contributed by atoms with E-state index >= 15 is 0 Å². The molecule has 0 aromatic heterocycles. The van der Waals surface area contributed by atoms with Gasteiger partial charge in [-0.1, -0.05) is 19.9 Å². The van der Waals surface area contributed by atoms with Gasteiger partial charge in [-0.05, 0) is 17.5 Å². The molecule has 0 aliphatic carbocycles. The lowest BCUT2D eigenvalue weighted by Gasteiger charge is -2.16. The van der Waals surface area contributed by atoms with Crippen LogP contribution in [-0.2, 0) is 11.2 Å². The van der Waals surface area contributed by atoms with Gasteiger partial charge in [0.05, 0.1) is 7.11 Å². The van der Waals surface area contributed by atoms with Gasteiger partial charge in [-0.15, -0.1) is 0 Å². The summed E-state index contributed by atoms with van der Waals surface area (Å²) >= 11 is 0. The number of aromatic hydroxyl groups is 1. The first-order valence-electron chi connectivity index (χ1n) is 5.75. The van der Waals surface area contributed by atoms with Crippen LogP contribution in [0.3, 0.4) is 0 Å². The number of carbonyl (C=O) groups is 1. The highest BCUT2D eigenvalue weighted by Gasteiger charge is 2.18. The van der Waals surface area contributed by atoms with Crippen molar-refractivity contribution in [3.63, 3.8) is 0 Å². The Labute approximate surface area is 106 Å². The van der Waals surface area contributed by atoms with Crippen LogP contribution < -0.4 is 10.5 Å². The molecular weight excluding hydrogens is 234 g/mol. The zero-order chi connectivity index (χ0) is 13.9. The van der Waals surface area contributed by atoms with Crippen LogP contribution in [0.15, 0.2) is 12.1 Å². The molecule has 0 amide bonds. The Balaban J connectivity index is 3.17. The van der Waals surface area contributed by atoms with E-state index in [2.05, 4.69) is 0 Å². The van der Waals surface area contributed by atoms with Gasteiger partial charge in [-0.25, -0.2) is 0 Å². The molecule has 0 saturated heterocycles. The maximum Gasteiger partial charge on any atom is 0.320 e. The molecule has 1 aromatic rings. The maximum atomic E-state index is 10.8. The molecule has 0 fully saturated rings. The molecule has 0 aliphatic heterocycles. The number of hydrogen-bond donors (Lipinski definition) is 3. The molecular formula is C13H19NO4. The Kier molecular flexibility index (Phi) is 4.55. The second kappa shape index (κ2) is 5.73. The molecule has 0 saturated carbocycles. The van der Waals surface area contributed by atoms with E-state index in [0.717, 1.165) is 5.56 Å². The first-order valence-corrected chi connectivity index (χ1v) is 5.75. The number of rotatable bonds is 5. The van der Waals surface area contributed by atoms with E-state index in [1.807, 2.05) is 19.9 Å². The molecule has 0 radical (unpaired) electrons. The number of methoxy groups -OCH3 is 1. The minimum atomic E-state index is -1.08. The standard InChI is InChI=1S/C13H19NO4/c1-7(2)8-4-9(5-10(14)13(16)17)12(18-3)11(15)6-8/h4,6-7,10,15H,5,14H2,1-3H3,(H,16,17). The predicted octanol–water partition coefficient (Wildman–Crippen LogP) is 1.48. The summed E-state index contributed by atoms with van der Waals surface area (Å²) in [6.45, 7) is 3.98. The highest BCUT2D eigenvalue weighted by molar-refractivity contribution is 5.74. The molecule has 4 N–H and O–H groups in total. The van der Waals surface area contributed by atoms with E-state index in [0.29, 0.717) is 5.56 Å². The second-order valence-corrected chi connectivity index (χ2v) is 4.54. The van der Waals surface area contributed by atoms with Crippen molar-refractivity contribution >= 4 is 5.97 Å². The van der Waals surface area contributed by atoms with Crippen LogP contribution in [-0.4, -0.2) is 29.3 Å². The number of ether oxygens (including phenoxy) is 1. The van der Waals surface area contributed by atoms with Crippen molar-refractivity contribution in [2.24, 2.45) is 5.73 Å². The molecule has 18 heavy (non-hydrogen) atoms. The van der Waals surface area contributed by atoms with Gasteiger partial charge < -0.3 is 20.7 Å². The van der Waals surface area contributed by atoms with Gasteiger partial charge >= 0.3 is 5.97 Å². The monoisotopic (exact) mass is 253 g/mol. The summed E-state index contributed by atoms with van der Waals surface area (Å²) in [5.74, 6) is -0.555. The van der Waals surface area contributed by atoms with Crippen molar-refractivity contribution in [2.75, 3.05) is 7.11 Å². The van der Waals surface area contributed by atoms with E-state index in [1.54, 1.807) is 6.07 Å². The van der Waals surface area contributed by atoms with Crippen LogP contribution in [0.5, 0.6) is 11.5 Å². The lowest BCUT2D eigenvalue weighted by molar-refractivity contribution is -0.138. The minimum absolute atomic E-state index is 0.0105. The third-order valence-electron chi connectivity index (χ3n) is 2.80. The molecule has 1 unspecified atom stereocenters. The molecule has 0 spiro atoms. The van der Waals surface area contributed by atoms with Gasteiger partial charge in [-0.2, -0.15) is 0 Å². The maximum absolute atomic E-state index is 10.8. The zero-order valence-electron chi connectivity index (χ0n) is 10.8. The Bertz CT molecular complexity index is 443. The van der Waals surface area contributed by atoms with Crippen LogP contribution in [0.2, 0.25) is 0 Å². The highest BCUT2D eigenvalue weighted by atomic mass is 16.5. The van der Waals surface area contributed by atoms with Crippen LogP contribution in [0.1, 0.15) is 30.9 Å². The third kappa shape index (κ3) is 3.13. The van der Waals surface area contributed by atoms with Crippen molar-refractivity contribution in [1.29, 1.82) is 0 Å². The summed E-state index contributed by atoms with van der Waals surface area (Å²) in [7, 11) is 1.43. The number of nitrogens with two attached hydrogens (primary N) is 1. The fraction of sp³-hybridized carbons (Fsp3) is 0.462. The summed E-state index contributed by atoms with van der Waals surface area (Å²) in [4.78, 5) is 10.8. The summed E-state index contributed by atoms with van der Waals surface area (Å²) in [5, 5.41) is 18.7. The fourth-order valence-electron chi connectivity index (χ4n) is 1.74. The van der Waals surface area contributed by atoms with Crippen molar-refractivity contribution in [2.45, 2.75) is 32.2 Å². The first-order chi connectivity index (χ1) is 8.36. The van der Waals surface area contributed by atoms with E-state index < -0.39 is 12.0 Å². The molecule has 1 aromatic carbocycles. The molecule has 100 valence electrons. The van der Waals surface area contributed by atoms with Gasteiger partial charge in [0, 0.05) is 12.0 Å². The summed E-state index contributed by atoms with van der Waals surface area (Å²) in [6.07, 6.45) is 0.118. The Morgan fingerprint density at radius 1 is 1.44 bits per heavy atom. The number of aliphatic carboxylic acids is 1. The Morgan fingerprint density at radius 3 is 2.50 bits per heavy atom. The molecule has 0 heterocycles. The number of benzene rings is 1. The molecule has 5 heteroatoms. The van der Waals surface area contributed by atoms with Gasteiger partial charge in [0.25, 0.3) is 0 Å². The summed E-state index contributed by atoms with van der Waals surface area (Å²) < 4.78 is 5.09. The lowest BCUT2D eigenvalue weighted by Crippen LogP contribution is -2.32. The van der Waals surface area contributed by atoms with E-state index in [-0.39, 0.29) is 23.8 Å². The summed E-state index contributed by atoms with van der Waals surface area (Å²) in [6, 6.07) is 2.44. The van der Waals surface area contributed by atoms with Crippen molar-refractivity contribution < 1.29 is 19.7 Å². The largest absolute Gasteiger partial charge is 0.504 e. The van der Waals surface area contributed by atoms with Crippen molar-refractivity contribution in [1.82, 2.24) is 0 Å². The average Bonchev–Trinajstić information content (AvgIpc) is 2.28. The highest BCUT2D eigenvalue weighted by Crippen LogP contribution is 2.34. The quantitative estimate of drug-likeness (QED) is 0.739. The normalized spacial score (nSPS) is 12.5. The Morgan fingerprint density at radius 2 is 2.06 bits per heavy atom. The van der Waals surface area contributed by atoms with Crippen LogP contribution in [0.25, 0.3) is 0 Å². The SMILES string of the molecule is COc1c(O)cc(C(C)C)cc1CC(N)C(=O)O. The van der Waals surface area contributed by atoms with Gasteiger partial charge in [0.2, 0.25) is 0 Å². The fourth-order valence-corrected chi connectivity index (χ4v) is 1.74. The van der Waals surface area contributed by atoms with E-state index in [9.17, 15) is 9.90 Å². The predicted molar refractivity (Wildman–Crippen MR) is 68.1 cm³/mol. The third-order valence-corrected chi connectivity index (χ3v) is 2.80. The molecule has 1 atom stereocenters. The van der Waals surface area contributed by atoms with Crippen LogP contribution >= 0.6 is 0 Å². The molecule has 5 nitrogen and oxygen atoms in total. The first kappa shape index (κ1) is 14.3. The minimum Gasteiger partial charge on any atom is -0.504 e. The molecule has 0 aliphatic rings. The van der Waals surface area contributed by atoms with Gasteiger partial charge in [0.15, 0.2) is 11.5 Å². The number of phenols is 1. The lowest BCUT2D eigenvalue weighted by atomic mass is 9.96. The number of phenolic OH excluding ortho intramolecular Hbond substituents is 1.